The van der Waals surface area contributed by atoms with E-state index in [1.807, 2.05) is 0 Å². The number of hydrogen-bond acceptors (Lipinski definition) is 5. The van der Waals surface area contributed by atoms with Crippen molar-refractivity contribution in [2.75, 3.05) is 0 Å². The fraction of sp³-hybridized carbons (Fsp3) is 0.500. The van der Waals surface area contributed by atoms with Gasteiger partial charge < -0.3 is 9.63 Å². The first-order chi connectivity index (χ1) is 8.16. The van der Waals surface area contributed by atoms with Gasteiger partial charge in [0.2, 0.25) is 5.82 Å². The minimum absolute atomic E-state index is 0.252. The van der Waals surface area contributed by atoms with Crippen molar-refractivity contribution < 1.29 is 9.63 Å². The lowest BCUT2D eigenvalue weighted by atomic mass is 10.2. The summed E-state index contributed by atoms with van der Waals surface area (Å²) in [5.41, 5.74) is 0.604. The van der Waals surface area contributed by atoms with E-state index in [1.54, 1.807) is 13.2 Å². The molecular weight excluding hydrogens is 244 g/mol. The van der Waals surface area contributed by atoms with Gasteiger partial charge in [-0.25, -0.2) is 0 Å². The van der Waals surface area contributed by atoms with Crippen molar-refractivity contribution in [1.29, 1.82) is 0 Å². The van der Waals surface area contributed by atoms with E-state index in [2.05, 4.69) is 15.2 Å². The topological polar surface area (TPSA) is 77.0 Å². The summed E-state index contributed by atoms with van der Waals surface area (Å²) in [6.07, 6.45) is 2.92. The SMILES string of the molecule is Cn1ncc(-c2noc(C(O)C3CC3)n2)c1Cl. The van der Waals surface area contributed by atoms with Crippen LogP contribution in [0, 0.1) is 5.92 Å². The summed E-state index contributed by atoms with van der Waals surface area (Å²) in [5.74, 6) is 0.868. The van der Waals surface area contributed by atoms with Crippen LogP contribution in [0.3, 0.4) is 0 Å². The third-order valence-corrected chi connectivity index (χ3v) is 3.32. The molecule has 1 N–H and O–H groups in total. The van der Waals surface area contributed by atoms with E-state index < -0.39 is 6.10 Å². The van der Waals surface area contributed by atoms with Crippen LogP contribution in [0.1, 0.15) is 24.8 Å². The van der Waals surface area contributed by atoms with Crippen molar-refractivity contribution >= 4 is 11.6 Å². The maximum Gasteiger partial charge on any atom is 0.256 e. The molecule has 7 heteroatoms. The Morgan fingerprint density at radius 3 is 2.94 bits per heavy atom. The molecule has 0 spiro atoms. The lowest BCUT2D eigenvalue weighted by molar-refractivity contribution is 0.112. The van der Waals surface area contributed by atoms with Crippen LogP contribution in [0.4, 0.5) is 0 Å². The fourth-order valence-electron chi connectivity index (χ4n) is 1.65. The van der Waals surface area contributed by atoms with Crippen LogP contribution in [0.5, 0.6) is 0 Å². The number of aromatic nitrogens is 4. The molecule has 3 rings (SSSR count). The van der Waals surface area contributed by atoms with Crippen LogP contribution in [-0.2, 0) is 7.05 Å². The Morgan fingerprint density at radius 1 is 1.59 bits per heavy atom. The monoisotopic (exact) mass is 254 g/mol. The van der Waals surface area contributed by atoms with Crippen molar-refractivity contribution in [3.63, 3.8) is 0 Å². The predicted octanol–water partition coefficient (Wildman–Crippen LogP) is 1.57. The van der Waals surface area contributed by atoms with Crippen molar-refractivity contribution in [1.82, 2.24) is 19.9 Å². The van der Waals surface area contributed by atoms with Crippen LogP contribution < -0.4 is 0 Å². The number of rotatable bonds is 3. The fourth-order valence-corrected chi connectivity index (χ4v) is 1.83. The van der Waals surface area contributed by atoms with E-state index in [-0.39, 0.29) is 11.8 Å². The molecule has 0 aromatic carbocycles. The second-order valence-corrected chi connectivity index (χ2v) is 4.57. The summed E-state index contributed by atoms with van der Waals surface area (Å²) in [5, 5.41) is 18.1. The van der Waals surface area contributed by atoms with Crippen LogP contribution in [0.2, 0.25) is 5.15 Å². The molecule has 90 valence electrons. The number of hydrogen-bond donors (Lipinski definition) is 1. The molecule has 1 fully saturated rings. The van der Waals surface area contributed by atoms with Gasteiger partial charge in [0.05, 0.1) is 11.8 Å². The van der Waals surface area contributed by atoms with E-state index in [9.17, 15) is 5.11 Å². The van der Waals surface area contributed by atoms with Crippen molar-refractivity contribution in [2.24, 2.45) is 13.0 Å². The highest BCUT2D eigenvalue weighted by atomic mass is 35.5. The van der Waals surface area contributed by atoms with E-state index in [1.165, 1.54) is 4.68 Å². The van der Waals surface area contributed by atoms with E-state index in [0.717, 1.165) is 12.8 Å². The number of aliphatic hydroxyl groups is 1. The minimum atomic E-state index is -0.660. The summed E-state index contributed by atoms with van der Waals surface area (Å²) in [6, 6.07) is 0. The molecular formula is C10H11ClN4O2. The van der Waals surface area contributed by atoms with Crippen molar-refractivity contribution in [2.45, 2.75) is 18.9 Å². The molecule has 1 aliphatic carbocycles. The summed E-state index contributed by atoms with van der Waals surface area (Å²) < 4.78 is 6.56. The molecule has 1 aliphatic rings. The quantitative estimate of drug-likeness (QED) is 0.900. The van der Waals surface area contributed by atoms with E-state index in [4.69, 9.17) is 16.1 Å². The van der Waals surface area contributed by atoms with Gasteiger partial charge in [-0.1, -0.05) is 16.8 Å². The van der Waals surface area contributed by atoms with Gasteiger partial charge in [-0.3, -0.25) is 4.68 Å². The molecule has 2 aromatic heterocycles. The van der Waals surface area contributed by atoms with Crippen LogP contribution in [0.25, 0.3) is 11.4 Å². The largest absolute Gasteiger partial charge is 0.383 e. The normalized spacial score (nSPS) is 17.4. The van der Waals surface area contributed by atoms with E-state index >= 15 is 0 Å². The summed E-state index contributed by atoms with van der Waals surface area (Å²) >= 11 is 6.02. The Balaban J connectivity index is 1.91. The number of aryl methyl sites for hydroxylation is 1. The van der Waals surface area contributed by atoms with Crippen LogP contribution >= 0.6 is 11.6 Å². The Kier molecular flexibility index (Phi) is 2.41. The highest BCUT2D eigenvalue weighted by Crippen LogP contribution is 2.40. The van der Waals surface area contributed by atoms with Crippen LogP contribution in [-0.4, -0.2) is 25.0 Å². The lowest BCUT2D eigenvalue weighted by Crippen LogP contribution is -1.99. The van der Waals surface area contributed by atoms with Gasteiger partial charge in [0.15, 0.2) is 0 Å². The smallest absolute Gasteiger partial charge is 0.256 e. The maximum absolute atomic E-state index is 9.84. The maximum atomic E-state index is 9.84. The molecule has 0 radical (unpaired) electrons. The molecule has 2 heterocycles. The molecule has 0 saturated heterocycles. The van der Waals surface area contributed by atoms with Gasteiger partial charge in [-0.15, -0.1) is 0 Å². The average Bonchev–Trinajstić information content (AvgIpc) is 2.97. The number of halogens is 1. The van der Waals surface area contributed by atoms with Crippen LogP contribution in [0.15, 0.2) is 10.7 Å². The highest BCUT2D eigenvalue weighted by Gasteiger charge is 2.34. The number of aliphatic hydroxyl groups excluding tert-OH is 1. The highest BCUT2D eigenvalue weighted by molar-refractivity contribution is 6.32. The second kappa shape index (κ2) is 3.82. The van der Waals surface area contributed by atoms with Gasteiger partial charge in [-0.05, 0) is 18.8 Å². The summed E-state index contributed by atoms with van der Waals surface area (Å²) in [6.45, 7) is 0. The van der Waals surface area contributed by atoms with Gasteiger partial charge in [0, 0.05) is 7.05 Å². The summed E-state index contributed by atoms with van der Waals surface area (Å²) in [4.78, 5) is 4.15. The molecule has 0 bridgehead atoms. The van der Waals surface area contributed by atoms with Gasteiger partial charge >= 0.3 is 0 Å². The first-order valence-corrected chi connectivity index (χ1v) is 5.74. The molecule has 0 amide bonds. The second-order valence-electron chi connectivity index (χ2n) is 4.21. The van der Waals surface area contributed by atoms with Gasteiger partial charge in [0.25, 0.3) is 5.89 Å². The third kappa shape index (κ3) is 1.83. The molecule has 1 unspecified atom stereocenters. The van der Waals surface area contributed by atoms with Gasteiger partial charge in [-0.2, -0.15) is 10.1 Å². The average molecular weight is 255 g/mol. The standard InChI is InChI=1S/C10H11ClN4O2/c1-15-8(11)6(4-12-15)9-13-10(17-14-9)7(16)5-2-3-5/h4-5,7,16H,2-3H2,1H3. The van der Waals surface area contributed by atoms with Crippen molar-refractivity contribution in [3.8, 4) is 11.4 Å². The predicted molar refractivity (Wildman–Crippen MR) is 59.2 cm³/mol. The molecule has 1 saturated carbocycles. The lowest BCUT2D eigenvalue weighted by Gasteiger charge is -2.00. The number of nitrogens with zero attached hydrogens (tertiary/aromatic N) is 4. The zero-order chi connectivity index (χ0) is 12.0. The Bertz CT molecular complexity index is 546. The Hall–Kier alpha value is -1.40. The zero-order valence-electron chi connectivity index (χ0n) is 9.17. The van der Waals surface area contributed by atoms with E-state index in [0.29, 0.717) is 16.5 Å². The summed E-state index contributed by atoms with van der Waals surface area (Å²) in [7, 11) is 1.73. The Labute approximate surface area is 102 Å². The molecule has 17 heavy (non-hydrogen) atoms. The molecule has 0 aliphatic heterocycles. The Morgan fingerprint density at radius 2 is 2.35 bits per heavy atom. The zero-order valence-corrected chi connectivity index (χ0v) is 9.92. The molecule has 2 aromatic rings. The third-order valence-electron chi connectivity index (χ3n) is 2.87. The molecule has 6 nitrogen and oxygen atoms in total. The minimum Gasteiger partial charge on any atom is -0.383 e. The molecule has 1 atom stereocenters. The van der Waals surface area contributed by atoms with Gasteiger partial charge in [0.1, 0.15) is 11.3 Å². The van der Waals surface area contributed by atoms with Crippen molar-refractivity contribution in [3.05, 3.63) is 17.2 Å². The first-order valence-electron chi connectivity index (χ1n) is 5.36. The first kappa shape index (κ1) is 10.7.